The van der Waals surface area contributed by atoms with E-state index in [0.717, 1.165) is 61.6 Å². The molecule has 1 aliphatic heterocycles. The number of anilines is 1. The van der Waals surface area contributed by atoms with E-state index < -0.39 is 0 Å². The lowest BCUT2D eigenvalue weighted by atomic mass is 9.95. The van der Waals surface area contributed by atoms with Gasteiger partial charge >= 0.3 is 0 Å². The standard InChI is InChI=1S/C27H30N6O/c1-20(12-13-21-8-4-2-5-9-21)28-27(34)23-16-18-32(19-17-23)25-15-14-24-29-30-26(33(24)31-25)22-10-6-3-7-11-22/h2-11,14-15,20,23H,12-13,16-19H2,1H3,(H,28,34)/t20-/m0/s1. The third kappa shape index (κ3) is 4.93. The van der Waals surface area contributed by atoms with E-state index in [0.29, 0.717) is 0 Å². The lowest BCUT2D eigenvalue weighted by molar-refractivity contribution is -0.126. The van der Waals surface area contributed by atoms with Crippen LogP contribution in [0.15, 0.2) is 72.8 Å². The molecule has 2 aromatic heterocycles. The van der Waals surface area contributed by atoms with E-state index in [-0.39, 0.29) is 17.9 Å². The number of piperidine rings is 1. The van der Waals surface area contributed by atoms with Crippen LogP contribution in [-0.4, -0.2) is 44.8 Å². The number of carbonyl (C=O) groups is 1. The molecule has 4 aromatic rings. The van der Waals surface area contributed by atoms with Crippen LogP contribution in [0, 0.1) is 5.92 Å². The maximum atomic E-state index is 12.8. The number of aromatic nitrogens is 4. The molecular weight excluding hydrogens is 424 g/mol. The van der Waals surface area contributed by atoms with Crippen molar-refractivity contribution in [1.29, 1.82) is 0 Å². The molecule has 1 saturated heterocycles. The first-order valence-electron chi connectivity index (χ1n) is 12.0. The maximum absolute atomic E-state index is 12.8. The first-order valence-corrected chi connectivity index (χ1v) is 12.0. The Bertz CT molecular complexity index is 1230. The molecule has 0 bridgehead atoms. The van der Waals surface area contributed by atoms with Gasteiger partial charge in [0.2, 0.25) is 5.91 Å². The molecule has 0 spiro atoms. The Morgan fingerprint density at radius 3 is 2.41 bits per heavy atom. The zero-order valence-electron chi connectivity index (χ0n) is 19.5. The van der Waals surface area contributed by atoms with Crippen LogP contribution in [-0.2, 0) is 11.2 Å². The number of fused-ring (bicyclic) bond motifs is 1. The van der Waals surface area contributed by atoms with E-state index in [4.69, 9.17) is 5.10 Å². The molecule has 7 nitrogen and oxygen atoms in total. The molecule has 34 heavy (non-hydrogen) atoms. The van der Waals surface area contributed by atoms with Crippen molar-refractivity contribution in [2.45, 2.75) is 38.6 Å². The molecule has 0 unspecified atom stereocenters. The SMILES string of the molecule is C[C@@H](CCc1ccccc1)NC(=O)C1CCN(c2ccc3nnc(-c4ccccc4)n3n2)CC1. The average Bonchev–Trinajstić information content (AvgIpc) is 3.32. The summed E-state index contributed by atoms with van der Waals surface area (Å²) in [5.74, 6) is 1.85. The van der Waals surface area contributed by atoms with Crippen molar-refractivity contribution in [1.82, 2.24) is 25.1 Å². The summed E-state index contributed by atoms with van der Waals surface area (Å²) < 4.78 is 1.80. The van der Waals surface area contributed by atoms with Crippen molar-refractivity contribution in [3.8, 4) is 11.4 Å². The summed E-state index contributed by atoms with van der Waals surface area (Å²) >= 11 is 0. The predicted octanol–water partition coefficient (Wildman–Crippen LogP) is 4.15. The number of hydrogen-bond donors (Lipinski definition) is 1. The summed E-state index contributed by atoms with van der Waals surface area (Å²) in [4.78, 5) is 15.1. The fraction of sp³-hybridized carbons (Fsp3) is 0.333. The van der Waals surface area contributed by atoms with Gasteiger partial charge in [0.15, 0.2) is 11.5 Å². The van der Waals surface area contributed by atoms with Gasteiger partial charge in [-0.25, -0.2) is 0 Å². The van der Waals surface area contributed by atoms with Gasteiger partial charge in [-0.2, -0.15) is 4.52 Å². The molecule has 0 aliphatic carbocycles. The van der Waals surface area contributed by atoms with E-state index in [9.17, 15) is 4.79 Å². The quantitative estimate of drug-likeness (QED) is 0.454. The van der Waals surface area contributed by atoms with E-state index in [1.54, 1.807) is 4.52 Å². The van der Waals surface area contributed by atoms with Crippen molar-refractivity contribution in [3.63, 3.8) is 0 Å². The highest BCUT2D eigenvalue weighted by molar-refractivity contribution is 5.79. The number of hydrogen-bond acceptors (Lipinski definition) is 5. The highest BCUT2D eigenvalue weighted by atomic mass is 16.1. The average molecular weight is 455 g/mol. The van der Waals surface area contributed by atoms with Crippen LogP contribution in [0.3, 0.4) is 0 Å². The van der Waals surface area contributed by atoms with Gasteiger partial charge in [0.1, 0.15) is 5.82 Å². The van der Waals surface area contributed by atoms with Gasteiger partial charge in [-0.05, 0) is 50.3 Å². The molecular formula is C27H30N6O. The Kier molecular flexibility index (Phi) is 6.51. The van der Waals surface area contributed by atoms with Crippen LogP contribution in [0.5, 0.6) is 0 Å². The highest BCUT2D eigenvalue weighted by Crippen LogP contribution is 2.24. The largest absolute Gasteiger partial charge is 0.355 e. The summed E-state index contributed by atoms with van der Waals surface area (Å²) in [5.41, 5.74) is 3.02. The summed E-state index contributed by atoms with van der Waals surface area (Å²) in [7, 11) is 0. The maximum Gasteiger partial charge on any atom is 0.223 e. The zero-order valence-corrected chi connectivity index (χ0v) is 19.5. The number of nitrogens with zero attached hydrogens (tertiary/aromatic N) is 5. The van der Waals surface area contributed by atoms with E-state index >= 15 is 0 Å². The number of benzene rings is 2. The second-order valence-corrected chi connectivity index (χ2v) is 9.05. The molecule has 1 amide bonds. The Balaban J connectivity index is 1.17. The molecule has 1 aliphatic rings. The van der Waals surface area contributed by atoms with E-state index in [1.165, 1.54) is 5.56 Å². The fourth-order valence-corrected chi connectivity index (χ4v) is 4.55. The summed E-state index contributed by atoms with van der Waals surface area (Å²) in [5, 5.41) is 16.6. The Morgan fingerprint density at radius 2 is 1.68 bits per heavy atom. The monoisotopic (exact) mass is 454 g/mol. The van der Waals surface area contributed by atoms with Crippen molar-refractivity contribution in [2.24, 2.45) is 5.92 Å². The lowest BCUT2D eigenvalue weighted by Crippen LogP contribution is -2.43. The minimum atomic E-state index is 0.0500. The molecule has 3 heterocycles. The van der Waals surface area contributed by atoms with Crippen LogP contribution in [0.1, 0.15) is 31.7 Å². The first-order chi connectivity index (χ1) is 16.7. The second kappa shape index (κ2) is 10.0. The van der Waals surface area contributed by atoms with Crippen LogP contribution in [0.2, 0.25) is 0 Å². The Morgan fingerprint density at radius 1 is 0.971 bits per heavy atom. The van der Waals surface area contributed by atoms with Gasteiger partial charge in [-0.1, -0.05) is 60.7 Å². The third-order valence-electron chi connectivity index (χ3n) is 6.57. The molecule has 1 N–H and O–H groups in total. The van der Waals surface area contributed by atoms with Crippen molar-refractivity contribution < 1.29 is 4.79 Å². The smallest absolute Gasteiger partial charge is 0.223 e. The summed E-state index contributed by atoms with van der Waals surface area (Å²) in [6, 6.07) is 24.5. The van der Waals surface area contributed by atoms with Crippen LogP contribution < -0.4 is 10.2 Å². The highest BCUT2D eigenvalue weighted by Gasteiger charge is 2.26. The van der Waals surface area contributed by atoms with Gasteiger partial charge in [0.25, 0.3) is 0 Å². The lowest BCUT2D eigenvalue weighted by Gasteiger charge is -2.32. The second-order valence-electron chi connectivity index (χ2n) is 9.05. The van der Waals surface area contributed by atoms with Gasteiger partial charge in [0, 0.05) is 30.6 Å². The number of rotatable bonds is 7. The van der Waals surface area contributed by atoms with E-state index in [2.05, 4.69) is 51.6 Å². The predicted molar refractivity (Wildman–Crippen MR) is 134 cm³/mol. The first kappa shape index (κ1) is 22.1. The van der Waals surface area contributed by atoms with E-state index in [1.807, 2.05) is 48.5 Å². The normalized spacial score (nSPS) is 15.4. The minimum absolute atomic E-state index is 0.0500. The van der Waals surface area contributed by atoms with Gasteiger partial charge < -0.3 is 10.2 Å². The van der Waals surface area contributed by atoms with Gasteiger partial charge in [-0.3, -0.25) is 4.79 Å². The molecule has 0 radical (unpaired) electrons. The topological polar surface area (TPSA) is 75.4 Å². The minimum Gasteiger partial charge on any atom is -0.355 e. The summed E-state index contributed by atoms with van der Waals surface area (Å²) in [6.45, 7) is 3.70. The van der Waals surface area contributed by atoms with Crippen LogP contribution in [0.4, 0.5) is 5.82 Å². The molecule has 174 valence electrons. The van der Waals surface area contributed by atoms with Crippen LogP contribution >= 0.6 is 0 Å². The fourth-order valence-electron chi connectivity index (χ4n) is 4.55. The van der Waals surface area contributed by atoms with Crippen LogP contribution in [0.25, 0.3) is 17.0 Å². The molecule has 0 saturated carbocycles. The summed E-state index contributed by atoms with van der Waals surface area (Å²) in [6.07, 6.45) is 3.57. The molecule has 2 aromatic carbocycles. The third-order valence-corrected chi connectivity index (χ3v) is 6.57. The molecule has 5 rings (SSSR count). The molecule has 1 atom stereocenters. The Hall–Kier alpha value is -3.74. The number of amides is 1. The molecule has 7 heteroatoms. The zero-order chi connectivity index (χ0) is 23.3. The van der Waals surface area contributed by atoms with Crippen molar-refractivity contribution in [3.05, 3.63) is 78.4 Å². The number of nitrogens with one attached hydrogen (secondary N) is 1. The van der Waals surface area contributed by atoms with Gasteiger partial charge in [0.05, 0.1) is 0 Å². The Labute approximate surface area is 199 Å². The van der Waals surface area contributed by atoms with Crippen molar-refractivity contribution in [2.75, 3.05) is 18.0 Å². The number of carbonyl (C=O) groups excluding carboxylic acids is 1. The van der Waals surface area contributed by atoms with Crippen molar-refractivity contribution >= 4 is 17.4 Å². The molecule has 1 fully saturated rings. The number of aryl methyl sites for hydroxylation is 1. The van der Waals surface area contributed by atoms with Gasteiger partial charge in [-0.15, -0.1) is 15.3 Å².